The SMILES string of the molecule is CCOCCOC(C)C(=O)N1CCN(c2oc(-c3ccco3)nc2C#N)CC1. The number of rotatable bonds is 8. The van der Waals surface area contributed by atoms with E-state index in [0.29, 0.717) is 57.6 Å². The van der Waals surface area contributed by atoms with E-state index in [4.69, 9.17) is 18.3 Å². The van der Waals surface area contributed by atoms with E-state index in [-0.39, 0.29) is 17.5 Å². The van der Waals surface area contributed by atoms with Crippen LogP contribution in [0.25, 0.3) is 11.7 Å². The molecule has 0 aliphatic carbocycles. The summed E-state index contributed by atoms with van der Waals surface area (Å²) in [6.45, 7) is 7.26. The average molecular weight is 388 g/mol. The number of aromatic nitrogens is 1. The highest BCUT2D eigenvalue weighted by Crippen LogP contribution is 2.29. The Bertz CT molecular complexity index is 803. The molecule has 2 aromatic rings. The van der Waals surface area contributed by atoms with Crippen molar-refractivity contribution in [3.8, 4) is 17.7 Å². The number of ether oxygens (including phenoxy) is 2. The summed E-state index contributed by atoms with van der Waals surface area (Å²) >= 11 is 0. The second kappa shape index (κ2) is 9.39. The monoisotopic (exact) mass is 388 g/mol. The molecule has 0 bridgehead atoms. The molecule has 9 nitrogen and oxygen atoms in total. The Morgan fingerprint density at radius 1 is 1.36 bits per heavy atom. The fourth-order valence-electron chi connectivity index (χ4n) is 2.99. The Hall–Kier alpha value is -2.83. The average Bonchev–Trinajstić information content (AvgIpc) is 3.40. The molecular weight excluding hydrogens is 364 g/mol. The second-order valence-electron chi connectivity index (χ2n) is 6.28. The molecule has 0 N–H and O–H groups in total. The van der Waals surface area contributed by atoms with Gasteiger partial charge in [0, 0.05) is 32.8 Å². The summed E-state index contributed by atoms with van der Waals surface area (Å²) in [4.78, 5) is 20.4. The molecule has 0 radical (unpaired) electrons. The van der Waals surface area contributed by atoms with Crippen molar-refractivity contribution in [1.82, 2.24) is 9.88 Å². The van der Waals surface area contributed by atoms with Crippen LogP contribution in [0.15, 0.2) is 27.2 Å². The number of piperazine rings is 1. The number of furan rings is 1. The Morgan fingerprint density at radius 3 is 2.79 bits per heavy atom. The van der Waals surface area contributed by atoms with Gasteiger partial charge in [-0.25, -0.2) is 0 Å². The van der Waals surface area contributed by atoms with Gasteiger partial charge in [-0.05, 0) is 26.0 Å². The summed E-state index contributed by atoms with van der Waals surface area (Å²) in [5.41, 5.74) is 0.207. The maximum Gasteiger partial charge on any atom is 0.266 e. The van der Waals surface area contributed by atoms with Crippen LogP contribution in [0.1, 0.15) is 19.5 Å². The van der Waals surface area contributed by atoms with E-state index in [1.807, 2.05) is 11.8 Å². The summed E-state index contributed by atoms with van der Waals surface area (Å²) in [5.74, 6) is 1.09. The Labute approximate surface area is 163 Å². The van der Waals surface area contributed by atoms with Gasteiger partial charge in [-0.3, -0.25) is 4.79 Å². The number of oxazole rings is 1. The molecule has 28 heavy (non-hydrogen) atoms. The van der Waals surface area contributed by atoms with Crippen LogP contribution in [0.3, 0.4) is 0 Å². The zero-order valence-electron chi connectivity index (χ0n) is 16.1. The molecule has 1 saturated heterocycles. The van der Waals surface area contributed by atoms with Crippen molar-refractivity contribution in [2.75, 3.05) is 50.9 Å². The van der Waals surface area contributed by atoms with Gasteiger partial charge in [0.1, 0.15) is 12.2 Å². The molecule has 2 aromatic heterocycles. The quantitative estimate of drug-likeness (QED) is 0.632. The Balaban J connectivity index is 1.57. The summed E-state index contributed by atoms with van der Waals surface area (Å²) < 4.78 is 21.8. The molecule has 1 unspecified atom stereocenters. The zero-order chi connectivity index (χ0) is 19.9. The van der Waals surface area contributed by atoms with Gasteiger partial charge in [-0.1, -0.05) is 0 Å². The molecule has 1 fully saturated rings. The summed E-state index contributed by atoms with van der Waals surface area (Å²) in [5, 5.41) is 9.37. The van der Waals surface area contributed by atoms with Crippen LogP contribution in [-0.4, -0.2) is 67.9 Å². The molecular formula is C19H24N4O5. The van der Waals surface area contributed by atoms with Crippen LogP contribution in [-0.2, 0) is 14.3 Å². The second-order valence-corrected chi connectivity index (χ2v) is 6.28. The van der Waals surface area contributed by atoms with Crippen LogP contribution in [0.2, 0.25) is 0 Å². The lowest BCUT2D eigenvalue weighted by Crippen LogP contribution is -2.51. The first-order chi connectivity index (χ1) is 13.6. The normalized spacial score (nSPS) is 15.5. The highest BCUT2D eigenvalue weighted by Gasteiger charge is 2.29. The van der Waals surface area contributed by atoms with Gasteiger partial charge in [0.05, 0.1) is 19.5 Å². The van der Waals surface area contributed by atoms with Crippen molar-refractivity contribution in [3.05, 3.63) is 24.1 Å². The molecule has 1 amide bonds. The first kappa shape index (κ1) is 19.9. The van der Waals surface area contributed by atoms with Crippen LogP contribution in [0.5, 0.6) is 0 Å². The van der Waals surface area contributed by atoms with Crippen LogP contribution in [0, 0.1) is 11.3 Å². The first-order valence-corrected chi connectivity index (χ1v) is 9.32. The Morgan fingerprint density at radius 2 is 2.14 bits per heavy atom. The highest BCUT2D eigenvalue weighted by molar-refractivity contribution is 5.80. The van der Waals surface area contributed by atoms with Crippen molar-refractivity contribution in [2.45, 2.75) is 20.0 Å². The summed E-state index contributed by atoms with van der Waals surface area (Å²) in [6, 6.07) is 5.51. The lowest BCUT2D eigenvalue weighted by atomic mass is 10.2. The van der Waals surface area contributed by atoms with E-state index in [2.05, 4.69) is 11.1 Å². The molecule has 150 valence electrons. The predicted molar refractivity (Wildman–Crippen MR) is 99.6 cm³/mol. The number of nitriles is 1. The number of amides is 1. The lowest BCUT2D eigenvalue weighted by molar-refractivity contribution is -0.143. The van der Waals surface area contributed by atoms with Crippen molar-refractivity contribution >= 4 is 11.8 Å². The maximum atomic E-state index is 12.5. The number of nitrogens with zero attached hydrogens (tertiary/aromatic N) is 4. The molecule has 0 aromatic carbocycles. The highest BCUT2D eigenvalue weighted by atomic mass is 16.5. The summed E-state index contributed by atoms with van der Waals surface area (Å²) in [6.07, 6.45) is 1.00. The topological polar surface area (TPSA) is 105 Å². The van der Waals surface area contributed by atoms with Gasteiger partial charge in [0.25, 0.3) is 11.8 Å². The molecule has 1 atom stereocenters. The van der Waals surface area contributed by atoms with Crippen molar-refractivity contribution in [1.29, 1.82) is 5.26 Å². The van der Waals surface area contributed by atoms with Gasteiger partial charge < -0.3 is 28.1 Å². The minimum Gasteiger partial charge on any atom is -0.459 e. The zero-order valence-corrected chi connectivity index (χ0v) is 16.1. The third kappa shape index (κ3) is 4.52. The minimum absolute atomic E-state index is 0.0505. The van der Waals surface area contributed by atoms with Crippen LogP contribution < -0.4 is 4.90 Å². The number of carbonyl (C=O) groups excluding carboxylic acids is 1. The van der Waals surface area contributed by atoms with Gasteiger partial charge in [0.15, 0.2) is 5.76 Å². The minimum atomic E-state index is -0.516. The fourth-order valence-corrected chi connectivity index (χ4v) is 2.99. The third-order valence-corrected chi connectivity index (χ3v) is 4.47. The summed E-state index contributed by atoms with van der Waals surface area (Å²) in [7, 11) is 0. The van der Waals surface area contributed by atoms with Gasteiger partial charge in [0.2, 0.25) is 11.6 Å². The standard InChI is InChI=1S/C19H24N4O5/c1-3-25-11-12-26-14(2)18(24)22-6-8-23(9-7-22)19-15(13-20)21-17(28-19)16-5-4-10-27-16/h4-5,10,14H,3,6-9,11-12H2,1-2H3. The number of carbonyl (C=O) groups is 1. The van der Waals surface area contributed by atoms with Crippen LogP contribution >= 0.6 is 0 Å². The predicted octanol–water partition coefficient (Wildman–Crippen LogP) is 1.90. The smallest absolute Gasteiger partial charge is 0.266 e. The van der Waals surface area contributed by atoms with E-state index in [1.165, 1.54) is 6.26 Å². The van der Waals surface area contributed by atoms with Crippen molar-refractivity contribution < 1.29 is 23.1 Å². The number of hydrogen-bond donors (Lipinski definition) is 0. The first-order valence-electron chi connectivity index (χ1n) is 9.32. The molecule has 0 saturated carbocycles. The molecule has 9 heteroatoms. The molecule has 1 aliphatic rings. The van der Waals surface area contributed by atoms with Crippen molar-refractivity contribution in [2.24, 2.45) is 0 Å². The number of anilines is 1. The largest absolute Gasteiger partial charge is 0.459 e. The van der Waals surface area contributed by atoms with E-state index >= 15 is 0 Å². The molecule has 3 rings (SSSR count). The van der Waals surface area contributed by atoms with Gasteiger partial charge >= 0.3 is 0 Å². The third-order valence-electron chi connectivity index (χ3n) is 4.47. The Kier molecular flexibility index (Phi) is 6.68. The number of hydrogen-bond acceptors (Lipinski definition) is 8. The van der Waals surface area contributed by atoms with E-state index in [1.54, 1.807) is 24.0 Å². The van der Waals surface area contributed by atoms with E-state index in [0.717, 1.165) is 0 Å². The lowest BCUT2D eigenvalue weighted by Gasteiger charge is -2.35. The van der Waals surface area contributed by atoms with E-state index < -0.39 is 6.10 Å². The maximum absolute atomic E-state index is 12.5. The van der Waals surface area contributed by atoms with Gasteiger partial charge in [-0.15, -0.1) is 0 Å². The van der Waals surface area contributed by atoms with Gasteiger partial charge in [-0.2, -0.15) is 10.2 Å². The van der Waals surface area contributed by atoms with E-state index in [9.17, 15) is 10.1 Å². The van der Waals surface area contributed by atoms with Crippen LogP contribution in [0.4, 0.5) is 5.88 Å². The fraction of sp³-hybridized carbons (Fsp3) is 0.526. The molecule has 0 spiro atoms. The van der Waals surface area contributed by atoms with Crippen molar-refractivity contribution in [3.63, 3.8) is 0 Å². The molecule has 1 aliphatic heterocycles. The molecule has 3 heterocycles.